The largest absolute Gasteiger partial charge is 0.360 e. The molecule has 1 amide bonds. The number of para-hydroxylation sites is 2. The monoisotopic (exact) mass is 309 g/mol. The maximum absolute atomic E-state index is 12.6. The average Bonchev–Trinajstić information content (AvgIpc) is 2.98. The summed E-state index contributed by atoms with van der Waals surface area (Å²) in [5.41, 5.74) is 1.97. The van der Waals surface area contributed by atoms with Crippen LogP contribution in [0, 0.1) is 10.1 Å². The predicted molar refractivity (Wildman–Crippen MR) is 87.2 cm³/mol. The molecule has 2 aromatic carbocycles. The van der Waals surface area contributed by atoms with Crippen LogP contribution in [0.1, 0.15) is 15.9 Å². The Bertz CT molecular complexity index is 885. The zero-order valence-corrected chi connectivity index (χ0v) is 12.5. The molecule has 0 bridgehead atoms. The summed E-state index contributed by atoms with van der Waals surface area (Å²) in [6.07, 6.45) is 1.67. The van der Waals surface area contributed by atoms with Crippen LogP contribution >= 0.6 is 0 Å². The van der Waals surface area contributed by atoms with Crippen LogP contribution in [0.25, 0.3) is 10.9 Å². The minimum Gasteiger partial charge on any atom is -0.360 e. The fourth-order valence-electron chi connectivity index (χ4n) is 2.60. The third-order valence-corrected chi connectivity index (χ3v) is 3.76. The summed E-state index contributed by atoms with van der Waals surface area (Å²) in [6.45, 7) is 0.176. The van der Waals surface area contributed by atoms with Gasteiger partial charge in [-0.3, -0.25) is 14.9 Å². The first-order valence-corrected chi connectivity index (χ1v) is 7.12. The minimum atomic E-state index is -0.431. The zero-order chi connectivity index (χ0) is 16.4. The third kappa shape index (κ3) is 2.78. The van der Waals surface area contributed by atoms with Gasteiger partial charge in [0.1, 0.15) is 0 Å². The number of carbonyl (C=O) groups excluding carboxylic acids is 1. The number of H-pyrrole nitrogens is 1. The number of aromatic nitrogens is 1. The van der Waals surface area contributed by atoms with Gasteiger partial charge in [0.25, 0.3) is 11.6 Å². The summed E-state index contributed by atoms with van der Waals surface area (Å²) in [7, 11) is 1.64. The first-order chi connectivity index (χ1) is 11.1. The predicted octanol–water partition coefficient (Wildman–Crippen LogP) is 3.35. The highest BCUT2D eigenvalue weighted by Crippen LogP contribution is 2.22. The summed E-state index contributed by atoms with van der Waals surface area (Å²) in [6, 6.07) is 14.0. The number of nitrogens with zero attached hydrogens (tertiary/aromatic N) is 2. The summed E-state index contributed by atoms with van der Waals surface area (Å²) >= 11 is 0. The van der Waals surface area contributed by atoms with Crippen LogP contribution in [0.15, 0.2) is 54.7 Å². The van der Waals surface area contributed by atoms with E-state index in [1.54, 1.807) is 31.4 Å². The van der Waals surface area contributed by atoms with Gasteiger partial charge in [0.2, 0.25) is 0 Å². The standard InChI is InChI=1S/C17H15N3O3/c1-19(11-12-6-2-5-9-16(12)20(22)23)17(21)14-10-18-15-8-4-3-7-13(14)15/h2-10,18H,11H2,1H3. The fraction of sp³-hybridized carbons (Fsp3) is 0.118. The van der Waals surface area contributed by atoms with E-state index >= 15 is 0 Å². The number of carbonyl (C=O) groups is 1. The molecule has 0 aliphatic heterocycles. The lowest BCUT2D eigenvalue weighted by Crippen LogP contribution is -2.26. The fourth-order valence-corrected chi connectivity index (χ4v) is 2.60. The number of benzene rings is 2. The number of aromatic amines is 1. The molecule has 1 heterocycles. The van der Waals surface area contributed by atoms with Crippen LogP contribution in [0.5, 0.6) is 0 Å². The van der Waals surface area contributed by atoms with E-state index in [1.165, 1.54) is 11.0 Å². The maximum atomic E-state index is 12.6. The van der Waals surface area contributed by atoms with Crippen LogP contribution in [-0.2, 0) is 6.54 Å². The van der Waals surface area contributed by atoms with Gasteiger partial charge in [0.05, 0.1) is 17.0 Å². The second-order valence-electron chi connectivity index (χ2n) is 5.29. The van der Waals surface area contributed by atoms with E-state index in [4.69, 9.17) is 0 Å². The number of rotatable bonds is 4. The highest BCUT2D eigenvalue weighted by Gasteiger charge is 2.19. The molecule has 116 valence electrons. The molecule has 0 spiro atoms. The van der Waals surface area contributed by atoms with Crippen molar-refractivity contribution >= 4 is 22.5 Å². The molecule has 3 rings (SSSR count). The van der Waals surface area contributed by atoms with E-state index in [-0.39, 0.29) is 18.1 Å². The first kappa shape index (κ1) is 14.8. The quantitative estimate of drug-likeness (QED) is 0.593. The van der Waals surface area contributed by atoms with Gasteiger partial charge >= 0.3 is 0 Å². The molecular weight excluding hydrogens is 294 g/mol. The molecule has 0 fully saturated rings. The molecule has 0 aliphatic rings. The van der Waals surface area contributed by atoms with E-state index in [9.17, 15) is 14.9 Å². The highest BCUT2D eigenvalue weighted by molar-refractivity contribution is 6.06. The number of nitrogens with one attached hydrogen (secondary N) is 1. The van der Waals surface area contributed by atoms with E-state index in [2.05, 4.69) is 4.98 Å². The third-order valence-electron chi connectivity index (χ3n) is 3.76. The minimum absolute atomic E-state index is 0.0195. The molecular formula is C17H15N3O3. The molecule has 0 atom stereocenters. The van der Waals surface area contributed by atoms with Gasteiger partial charge in [0.15, 0.2) is 0 Å². The van der Waals surface area contributed by atoms with Gasteiger partial charge in [-0.1, -0.05) is 36.4 Å². The Morgan fingerprint density at radius 2 is 1.87 bits per heavy atom. The van der Waals surface area contributed by atoms with Crippen LogP contribution in [0.4, 0.5) is 5.69 Å². The van der Waals surface area contributed by atoms with E-state index < -0.39 is 4.92 Å². The average molecular weight is 309 g/mol. The van der Waals surface area contributed by atoms with Crippen molar-refractivity contribution in [2.75, 3.05) is 7.05 Å². The lowest BCUT2D eigenvalue weighted by atomic mass is 10.1. The first-order valence-electron chi connectivity index (χ1n) is 7.12. The molecule has 23 heavy (non-hydrogen) atoms. The van der Waals surface area contributed by atoms with E-state index in [0.29, 0.717) is 11.1 Å². The normalized spacial score (nSPS) is 10.7. The molecule has 1 aromatic heterocycles. The molecule has 0 radical (unpaired) electrons. The van der Waals surface area contributed by atoms with Crippen molar-refractivity contribution in [3.8, 4) is 0 Å². The number of hydrogen-bond acceptors (Lipinski definition) is 3. The number of nitro benzene ring substituents is 1. The molecule has 0 aliphatic carbocycles. The van der Waals surface area contributed by atoms with Gasteiger partial charge in [-0.2, -0.15) is 0 Å². The van der Waals surface area contributed by atoms with Gasteiger partial charge in [0, 0.05) is 35.8 Å². The van der Waals surface area contributed by atoms with Crippen LogP contribution < -0.4 is 0 Å². The molecule has 1 N–H and O–H groups in total. The molecule has 0 unspecified atom stereocenters. The van der Waals surface area contributed by atoms with Crippen LogP contribution in [0.2, 0.25) is 0 Å². The molecule has 6 nitrogen and oxygen atoms in total. The van der Waals surface area contributed by atoms with Crippen molar-refractivity contribution < 1.29 is 9.72 Å². The van der Waals surface area contributed by atoms with Crippen molar-refractivity contribution in [1.82, 2.24) is 9.88 Å². The van der Waals surface area contributed by atoms with Gasteiger partial charge in [-0.25, -0.2) is 0 Å². The highest BCUT2D eigenvalue weighted by atomic mass is 16.6. The number of hydrogen-bond donors (Lipinski definition) is 1. The smallest absolute Gasteiger partial charge is 0.274 e. The van der Waals surface area contributed by atoms with Gasteiger partial charge in [-0.05, 0) is 6.07 Å². The Kier molecular flexibility index (Phi) is 3.80. The van der Waals surface area contributed by atoms with Crippen LogP contribution in [-0.4, -0.2) is 27.8 Å². The van der Waals surface area contributed by atoms with E-state index in [0.717, 1.165) is 10.9 Å². The van der Waals surface area contributed by atoms with Gasteiger partial charge in [-0.15, -0.1) is 0 Å². The number of amides is 1. The summed E-state index contributed by atoms with van der Waals surface area (Å²) in [5.74, 6) is -0.180. The van der Waals surface area contributed by atoms with Crippen molar-refractivity contribution in [2.45, 2.75) is 6.54 Å². The Morgan fingerprint density at radius 1 is 1.17 bits per heavy atom. The number of nitro groups is 1. The molecule has 0 saturated heterocycles. The van der Waals surface area contributed by atoms with Crippen LogP contribution in [0.3, 0.4) is 0 Å². The second-order valence-corrected chi connectivity index (χ2v) is 5.29. The number of fused-ring (bicyclic) bond motifs is 1. The van der Waals surface area contributed by atoms with Crippen molar-refractivity contribution in [2.24, 2.45) is 0 Å². The zero-order valence-electron chi connectivity index (χ0n) is 12.5. The Balaban J connectivity index is 1.88. The lowest BCUT2D eigenvalue weighted by Gasteiger charge is -2.17. The molecule has 3 aromatic rings. The van der Waals surface area contributed by atoms with Crippen molar-refractivity contribution in [3.05, 3.63) is 76.0 Å². The Morgan fingerprint density at radius 3 is 2.65 bits per heavy atom. The Hall–Kier alpha value is -3.15. The molecule has 0 saturated carbocycles. The summed E-state index contributed by atoms with van der Waals surface area (Å²) in [5, 5.41) is 11.9. The van der Waals surface area contributed by atoms with Crippen molar-refractivity contribution in [3.63, 3.8) is 0 Å². The summed E-state index contributed by atoms with van der Waals surface area (Å²) in [4.78, 5) is 27.8. The maximum Gasteiger partial charge on any atom is 0.274 e. The van der Waals surface area contributed by atoms with Gasteiger partial charge < -0.3 is 9.88 Å². The Labute approximate surface area is 132 Å². The van der Waals surface area contributed by atoms with Crippen molar-refractivity contribution in [1.29, 1.82) is 0 Å². The molecule has 6 heteroatoms. The van der Waals surface area contributed by atoms with E-state index in [1.807, 2.05) is 24.3 Å². The topological polar surface area (TPSA) is 79.2 Å². The summed E-state index contributed by atoms with van der Waals surface area (Å²) < 4.78 is 0. The second kappa shape index (κ2) is 5.92. The lowest BCUT2D eigenvalue weighted by molar-refractivity contribution is -0.385. The SMILES string of the molecule is CN(Cc1ccccc1[N+](=O)[O-])C(=O)c1c[nH]c2ccccc12.